The number of para-hydroxylation sites is 2. The average Bonchev–Trinajstić information content (AvgIpc) is 3.19. The fourth-order valence-electron chi connectivity index (χ4n) is 6.57. The number of aryl methyl sites for hydroxylation is 2. The van der Waals surface area contributed by atoms with Crippen molar-refractivity contribution in [3.8, 4) is 34.5 Å². The Labute approximate surface area is 383 Å². The molecule has 4 aromatic rings. The van der Waals surface area contributed by atoms with E-state index in [9.17, 15) is 36.2 Å². The summed E-state index contributed by atoms with van der Waals surface area (Å²) in [6, 6.07) is 21.4. The van der Waals surface area contributed by atoms with Crippen LogP contribution in [-0.4, -0.2) is 68.8 Å². The Morgan fingerprint density at radius 3 is 1.34 bits per heavy atom. The van der Waals surface area contributed by atoms with E-state index in [4.69, 9.17) is 9.47 Å². The largest absolute Gasteiger partial charge is 2.00 e. The average molecular weight is 879 g/mol. The van der Waals surface area contributed by atoms with E-state index >= 15 is 0 Å². The Morgan fingerprint density at radius 2 is 0.898 bits per heavy atom. The van der Waals surface area contributed by atoms with Crippen molar-refractivity contribution < 1.29 is 45.6 Å². The predicted molar refractivity (Wildman–Crippen MR) is 232 cm³/mol. The number of phenolic OH excluding ortho intramolecular Hbond substituents is 1. The minimum absolute atomic E-state index is 0. The number of hydrogen-bond acceptors (Lipinski definition) is 9. The van der Waals surface area contributed by atoms with Crippen LogP contribution in [0.25, 0.3) is 0 Å². The second-order valence-electron chi connectivity index (χ2n) is 14.7. The first kappa shape index (κ1) is 52.3. The van der Waals surface area contributed by atoms with Crippen molar-refractivity contribution in [1.82, 2.24) is 0 Å². The van der Waals surface area contributed by atoms with E-state index in [0.29, 0.717) is 11.5 Å². The molecule has 59 heavy (non-hydrogen) atoms. The SMILES string of the molecule is CCCCCCCCCCCc1ccccc1Oc1cc(S(=O)(=O)O)ccc1O.CCCCCCCCCCCc1ccccc1Oc1cc(S(=O)(=O)[O-])ccc1[O-].[Ca+2]. The Kier molecular flexibility index (Phi) is 25.4. The molecule has 0 radical (unpaired) electrons. The standard InChI is InChI=1S/2C23H32O5S.Ca/c2*1-2-3-4-5-6-7-8-9-10-13-19-14-11-12-15-22(19)28-23-18-20(29(25,26)27)16-17-21(23)24;/h2*11-12,14-18,24H,2-10,13H2,1H3,(H,25,26,27);/q;;+2/p-2. The van der Waals surface area contributed by atoms with Gasteiger partial charge in [-0.05, 0) is 73.2 Å². The summed E-state index contributed by atoms with van der Waals surface area (Å²) in [4.78, 5) is -0.787. The number of ether oxygens (including phenoxy) is 2. The number of unbranched alkanes of at least 4 members (excludes halogenated alkanes) is 16. The van der Waals surface area contributed by atoms with Gasteiger partial charge in [0, 0.05) is 6.07 Å². The molecule has 0 bridgehead atoms. The van der Waals surface area contributed by atoms with E-state index in [0.717, 1.165) is 80.0 Å². The molecular weight excluding hydrogens is 817 g/mol. The van der Waals surface area contributed by atoms with Crippen molar-refractivity contribution >= 4 is 58.0 Å². The smallest absolute Gasteiger partial charge is 0.870 e. The summed E-state index contributed by atoms with van der Waals surface area (Å²) in [6.45, 7) is 4.45. The van der Waals surface area contributed by atoms with Gasteiger partial charge in [-0.15, -0.1) is 0 Å². The molecule has 0 aromatic heterocycles. The molecule has 0 saturated carbocycles. The molecule has 4 rings (SSSR count). The molecule has 0 saturated heterocycles. The zero-order valence-electron chi connectivity index (χ0n) is 34.9. The summed E-state index contributed by atoms with van der Waals surface area (Å²) < 4.78 is 77.0. The van der Waals surface area contributed by atoms with Gasteiger partial charge < -0.3 is 24.2 Å². The molecule has 10 nitrogen and oxygen atoms in total. The van der Waals surface area contributed by atoms with Crippen molar-refractivity contribution in [2.45, 2.75) is 152 Å². The van der Waals surface area contributed by atoms with E-state index in [2.05, 4.69) is 13.8 Å². The van der Waals surface area contributed by atoms with E-state index in [-0.39, 0.29) is 59.9 Å². The molecule has 4 aromatic carbocycles. The first-order valence-corrected chi connectivity index (χ1v) is 23.8. The number of phenols is 1. The van der Waals surface area contributed by atoms with Crippen molar-refractivity contribution in [1.29, 1.82) is 0 Å². The van der Waals surface area contributed by atoms with Gasteiger partial charge in [-0.25, -0.2) is 8.42 Å². The van der Waals surface area contributed by atoms with E-state index in [1.54, 1.807) is 18.2 Å². The Bertz CT molecular complexity index is 1870. The maximum atomic E-state index is 12.0. The van der Waals surface area contributed by atoms with Crippen LogP contribution < -0.4 is 14.6 Å². The number of benzene rings is 4. The topological polar surface area (TPSA) is 173 Å². The van der Waals surface area contributed by atoms with Gasteiger partial charge >= 0.3 is 37.7 Å². The van der Waals surface area contributed by atoms with E-state index in [1.807, 2.05) is 30.3 Å². The second-order valence-corrected chi connectivity index (χ2v) is 17.5. The van der Waals surface area contributed by atoms with Crippen LogP contribution in [0.1, 0.15) is 141 Å². The molecule has 0 aliphatic carbocycles. The molecule has 0 aliphatic rings. The zero-order chi connectivity index (χ0) is 42.2. The van der Waals surface area contributed by atoms with Crippen LogP contribution in [0.2, 0.25) is 0 Å². The van der Waals surface area contributed by atoms with Crippen LogP contribution in [0.4, 0.5) is 0 Å². The molecule has 0 fully saturated rings. The first-order valence-electron chi connectivity index (χ1n) is 20.9. The van der Waals surface area contributed by atoms with Crippen molar-refractivity contribution in [2.75, 3.05) is 0 Å². The molecule has 0 aliphatic heterocycles. The number of rotatable bonds is 26. The molecule has 2 N–H and O–H groups in total. The maximum absolute atomic E-state index is 12.0. The monoisotopic (exact) mass is 878 g/mol. The normalized spacial score (nSPS) is 11.3. The maximum Gasteiger partial charge on any atom is 2.00 e. The summed E-state index contributed by atoms with van der Waals surface area (Å²) in [7, 11) is -9.01. The molecule has 0 spiro atoms. The van der Waals surface area contributed by atoms with E-state index < -0.39 is 30.9 Å². The van der Waals surface area contributed by atoms with Crippen LogP contribution in [0, 0.1) is 0 Å². The molecule has 0 atom stereocenters. The van der Waals surface area contributed by atoms with Crippen molar-refractivity contribution in [3.05, 3.63) is 96.1 Å². The fourth-order valence-corrected chi connectivity index (χ4v) is 7.55. The van der Waals surface area contributed by atoms with Crippen LogP contribution in [-0.2, 0) is 33.1 Å². The summed E-state index contributed by atoms with van der Waals surface area (Å²) in [5, 5.41) is 22.0. The third-order valence-electron chi connectivity index (χ3n) is 9.92. The molecule has 320 valence electrons. The summed E-state index contributed by atoms with van der Waals surface area (Å²) in [6.07, 6.45) is 24.1. The Balaban J connectivity index is 0.000000400. The minimum Gasteiger partial charge on any atom is -0.870 e. The van der Waals surface area contributed by atoms with Crippen LogP contribution in [0.15, 0.2) is 94.7 Å². The quantitative estimate of drug-likeness (QED) is 0.0351. The van der Waals surface area contributed by atoms with Gasteiger partial charge in [0.25, 0.3) is 10.1 Å². The Morgan fingerprint density at radius 1 is 0.508 bits per heavy atom. The van der Waals surface area contributed by atoms with Crippen LogP contribution in [0.5, 0.6) is 34.5 Å². The molecule has 13 heteroatoms. The Hall–Kier alpha value is -2.84. The van der Waals surface area contributed by atoms with Gasteiger partial charge in [0.15, 0.2) is 11.5 Å². The molecule has 0 unspecified atom stereocenters. The molecule has 0 heterocycles. The number of aromatic hydroxyl groups is 1. The van der Waals surface area contributed by atoms with E-state index in [1.165, 1.54) is 96.0 Å². The summed E-state index contributed by atoms with van der Waals surface area (Å²) in [5.74, 6) is 0.297. The third-order valence-corrected chi connectivity index (χ3v) is 11.6. The van der Waals surface area contributed by atoms with Gasteiger partial charge in [0.1, 0.15) is 27.4 Å². The molecule has 0 amide bonds. The van der Waals surface area contributed by atoms with Crippen LogP contribution in [0.3, 0.4) is 0 Å². The van der Waals surface area contributed by atoms with Crippen LogP contribution >= 0.6 is 0 Å². The zero-order valence-corrected chi connectivity index (χ0v) is 38.8. The summed E-state index contributed by atoms with van der Waals surface area (Å²) in [5.41, 5.74) is 1.97. The minimum atomic E-state index is -4.64. The second kappa shape index (κ2) is 28.6. The first-order chi connectivity index (χ1) is 27.8. The van der Waals surface area contributed by atoms with Gasteiger partial charge in [0.05, 0.1) is 9.79 Å². The van der Waals surface area contributed by atoms with Crippen molar-refractivity contribution in [2.24, 2.45) is 0 Å². The number of hydrogen-bond donors (Lipinski definition) is 2. The predicted octanol–water partition coefficient (Wildman–Crippen LogP) is 11.7. The van der Waals surface area contributed by atoms with Gasteiger partial charge in [-0.2, -0.15) is 8.42 Å². The third kappa shape index (κ3) is 20.5. The summed E-state index contributed by atoms with van der Waals surface area (Å²) >= 11 is 0. The van der Waals surface area contributed by atoms with Gasteiger partial charge in [-0.1, -0.05) is 165 Å². The van der Waals surface area contributed by atoms with Gasteiger partial charge in [0.2, 0.25) is 0 Å². The van der Waals surface area contributed by atoms with Crippen molar-refractivity contribution in [3.63, 3.8) is 0 Å². The van der Waals surface area contributed by atoms with Gasteiger partial charge in [-0.3, -0.25) is 4.55 Å². The molecular formula is C46H62CaO10S2. The fraction of sp³-hybridized carbons (Fsp3) is 0.478.